The minimum absolute atomic E-state index is 0. The van der Waals surface area contributed by atoms with Crippen LogP contribution in [0, 0.1) is 5.82 Å². The molecule has 0 aliphatic carbocycles. The van der Waals surface area contributed by atoms with Gasteiger partial charge in [0.15, 0.2) is 0 Å². The Balaban J connectivity index is 0.00000210. The zero-order valence-electron chi connectivity index (χ0n) is 15.3. The van der Waals surface area contributed by atoms with Crippen molar-refractivity contribution < 1.29 is 9.18 Å². The molecular formula is C21H25ClFN3O. The molecule has 0 saturated carbocycles. The Morgan fingerprint density at radius 1 is 1.04 bits per heavy atom. The first kappa shape index (κ1) is 19.6. The van der Waals surface area contributed by atoms with Crippen molar-refractivity contribution in [2.75, 3.05) is 38.0 Å². The monoisotopic (exact) mass is 389 g/mol. The third-order valence-corrected chi connectivity index (χ3v) is 5.29. The molecule has 2 aliphatic rings. The van der Waals surface area contributed by atoms with E-state index in [1.54, 1.807) is 12.1 Å². The average Bonchev–Trinajstić information content (AvgIpc) is 3.02. The number of rotatable bonds is 3. The van der Waals surface area contributed by atoms with Gasteiger partial charge in [-0.05, 0) is 48.2 Å². The van der Waals surface area contributed by atoms with Gasteiger partial charge in [-0.2, -0.15) is 0 Å². The van der Waals surface area contributed by atoms with Gasteiger partial charge in [0.05, 0.1) is 0 Å². The van der Waals surface area contributed by atoms with Crippen LogP contribution in [0.1, 0.15) is 27.9 Å². The number of nitrogens with one attached hydrogen (secondary N) is 1. The molecule has 2 aliphatic heterocycles. The molecule has 1 fully saturated rings. The topological polar surface area (TPSA) is 35.6 Å². The van der Waals surface area contributed by atoms with E-state index in [0.29, 0.717) is 12.1 Å². The summed E-state index contributed by atoms with van der Waals surface area (Å²) < 4.78 is 13.1. The fourth-order valence-electron chi connectivity index (χ4n) is 3.89. The summed E-state index contributed by atoms with van der Waals surface area (Å²) >= 11 is 0. The number of amides is 1. The number of fused-ring (bicyclic) bond motifs is 1. The van der Waals surface area contributed by atoms with Crippen LogP contribution in [0.25, 0.3) is 0 Å². The number of para-hydroxylation sites is 1. The normalized spacial score (nSPS) is 16.9. The van der Waals surface area contributed by atoms with Crippen LogP contribution in [0.15, 0.2) is 42.5 Å². The zero-order valence-corrected chi connectivity index (χ0v) is 16.1. The van der Waals surface area contributed by atoms with E-state index in [9.17, 15) is 9.18 Å². The van der Waals surface area contributed by atoms with Crippen molar-refractivity contribution in [1.82, 2.24) is 9.80 Å². The molecule has 2 aromatic rings. The van der Waals surface area contributed by atoms with Gasteiger partial charge in [0, 0.05) is 50.5 Å². The third-order valence-electron chi connectivity index (χ3n) is 5.29. The second-order valence-corrected chi connectivity index (χ2v) is 7.06. The van der Waals surface area contributed by atoms with Crippen LogP contribution in [0.5, 0.6) is 0 Å². The lowest BCUT2D eigenvalue weighted by molar-refractivity contribution is 0.0761. The van der Waals surface area contributed by atoms with Gasteiger partial charge in [-0.25, -0.2) is 4.39 Å². The number of carbonyl (C=O) groups is 1. The summed E-state index contributed by atoms with van der Waals surface area (Å²) in [5, 5.41) is 3.51. The highest BCUT2D eigenvalue weighted by Crippen LogP contribution is 2.27. The van der Waals surface area contributed by atoms with Crippen LogP contribution in [-0.2, 0) is 13.0 Å². The van der Waals surface area contributed by atoms with Gasteiger partial charge in [-0.3, -0.25) is 9.69 Å². The Morgan fingerprint density at radius 2 is 1.85 bits per heavy atom. The first-order valence-electron chi connectivity index (χ1n) is 9.32. The van der Waals surface area contributed by atoms with Crippen LogP contribution in [0.2, 0.25) is 0 Å². The van der Waals surface area contributed by atoms with E-state index in [1.807, 2.05) is 4.90 Å². The summed E-state index contributed by atoms with van der Waals surface area (Å²) in [6.45, 7) is 5.23. The molecule has 6 heteroatoms. The van der Waals surface area contributed by atoms with Crippen molar-refractivity contribution in [2.45, 2.75) is 19.4 Å². The van der Waals surface area contributed by atoms with Crippen LogP contribution in [-0.4, -0.2) is 48.4 Å². The van der Waals surface area contributed by atoms with Gasteiger partial charge in [0.1, 0.15) is 5.82 Å². The molecule has 0 spiro atoms. The Bertz CT molecular complexity index is 797. The third kappa shape index (κ3) is 4.42. The van der Waals surface area contributed by atoms with Gasteiger partial charge >= 0.3 is 0 Å². The lowest BCUT2D eigenvalue weighted by Gasteiger charge is -2.23. The number of anilines is 1. The van der Waals surface area contributed by atoms with Crippen molar-refractivity contribution in [2.24, 2.45) is 0 Å². The molecule has 4 nitrogen and oxygen atoms in total. The summed E-state index contributed by atoms with van der Waals surface area (Å²) in [5.74, 6) is -0.318. The molecule has 0 atom stereocenters. The van der Waals surface area contributed by atoms with Crippen molar-refractivity contribution >= 4 is 24.0 Å². The smallest absolute Gasteiger partial charge is 0.253 e. The molecule has 0 unspecified atom stereocenters. The SMILES string of the molecule is Cl.O=C(c1ccc(F)cc1)N1CCCN(Cc2cccc3c2NCC3)CC1. The van der Waals surface area contributed by atoms with E-state index < -0.39 is 0 Å². The average molecular weight is 390 g/mol. The minimum Gasteiger partial charge on any atom is -0.384 e. The Hall–Kier alpha value is -2.11. The molecule has 0 radical (unpaired) electrons. The first-order valence-corrected chi connectivity index (χ1v) is 9.32. The molecular weight excluding hydrogens is 365 g/mol. The Kier molecular flexibility index (Phi) is 6.34. The second kappa shape index (κ2) is 8.72. The minimum atomic E-state index is -0.312. The maximum Gasteiger partial charge on any atom is 0.253 e. The van der Waals surface area contributed by atoms with E-state index in [2.05, 4.69) is 28.4 Å². The number of benzene rings is 2. The van der Waals surface area contributed by atoms with E-state index in [1.165, 1.54) is 28.9 Å². The number of hydrogen-bond donors (Lipinski definition) is 1. The summed E-state index contributed by atoms with van der Waals surface area (Å²) in [4.78, 5) is 17.0. The highest BCUT2D eigenvalue weighted by Gasteiger charge is 2.22. The lowest BCUT2D eigenvalue weighted by Crippen LogP contribution is -2.35. The van der Waals surface area contributed by atoms with Crippen LogP contribution < -0.4 is 5.32 Å². The summed E-state index contributed by atoms with van der Waals surface area (Å²) in [7, 11) is 0. The van der Waals surface area contributed by atoms with Gasteiger partial charge in [-0.15, -0.1) is 12.4 Å². The van der Waals surface area contributed by atoms with Gasteiger partial charge in [0.2, 0.25) is 0 Å². The van der Waals surface area contributed by atoms with Crippen molar-refractivity contribution in [3.63, 3.8) is 0 Å². The van der Waals surface area contributed by atoms with E-state index in [-0.39, 0.29) is 24.1 Å². The molecule has 1 N–H and O–H groups in total. The largest absolute Gasteiger partial charge is 0.384 e. The lowest BCUT2D eigenvalue weighted by atomic mass is 10.1. The predicted octanol–water partition coefficient (Wildman–Crippen LogP) is 3.56. The van der Waals surface area contributed by atoms with Gasteiger partial charge in [0.25, 0.3) is 5.91 Å². The quantitative estimate of drug-likeness (QED) is 0.871. The fourth-order valence-corrected chi connectivity index (χ4v) is 3.89. The van der Waals surface area contributed by atoms with E-state index >= 15 is 0 Å². The van der Waals surface area contributed by atoms with E-state index in [0.717, 1.165) is 45.6 Å². The number of nitrogens with zero attached hydrogens (tertiary/aromatic N) is 2. The molecule has 144 valence electrons. The van der Waals surface area contributed by atoms with Crippen molar-refractivity contribution in [3.05, 3.63) is 65.0 Å². The van der Waals surface area contributed by atoms with Gasteiger partial charge in [-0.1, -0.05) is 18.2 Å². The van der Waals surface area contributed by atoms with Crippen LogP contribution in [0.4, 0.5) is 10.1 Å². The standard InChI is InChI=1S/C21H24FN3O.ClH/c22-19-7-5-17(6-8-19)21(26)25-12-2-11-24(13-14-25)15-18-4-1-3-16-9-10-23-20(16)18;/h1,3-8,23H,2,9-15H2;1H. The molecule has 4 rings (SSSR count). The molecule has 1 saturated heterocycles. The predicted molar refractivity (Wildman–Crippen MR) is 108 cm³/mol. The molecule has 2 heterocycles. The Morgan fingerprint density at radius 3 is 2.67 bits per heavy atom. The molecule has 2 aromatic carbocycles. The summed E-state index contributed by atoms with van der Waals surface area (Å²) in [6, 6.07) is 12.4. The molecule has 1 amide bonds. The molecule has 0 bridgehead atoms. The maximum absolute atomic E-state index is 13.1. The Labute approximate surface area is 165 Å². The number of carbonyl (C=O) groups excluding carboxylic acids is 1. The van der Waals surface area contributed by atoms with Crippen molar-refractivity contribution in [3.8, 4) is 0 Å². The molecule has 27 heavy (non-hydrogen) atoms. The highest BCUT2D eigenvalue weighted by molar-refractivity contribution is 5.94. The van der Waals surface area contributed by atoms with Crippen LogP contribution in [0.3, 0.4) is 0 Å². The van der Waals surface area contributed by atoms with E-state index in [4.69, 9.17) is 0 Å². The molecule has 0 aromatic heterocycles. The fraction of sp³-hybridized carbons (Fsp3) is 0.381. The summed E-state index contributed by atoms with van der Waals surface area (Å²) in [6.07, 6.45) is 2.05. The summed E-state index contributed by atoms with van der Waals surface area (Å²) in [5.41, 5.74) is 4.62. The first-order chi connectivity index (χ1) is 12.7. The second-order valence-electron chi connectivity index (χ2n) is 7.06. The highest BCUT2D eigenvalue weighted by atomic mass is 35.5. The number of hydrogen-bond acceptors (Lipinski definition) is 3. The van der Waals surface area contributed by atoms with Crippen LogP contribution >= 0.6 is 12.4 Å². The number of halogens is 2. The van der Waals surface area contributed by atoms with Crippen molar-refractivity contribution in [1.29, 1.82) is 0 Å². The zero-order chi connectivity index (χ0) is 17.9. The maximum atomic E-state index is 13.1. The van der Waals surface area contributed by atoms with Gasteiger partial charge < -0.3 is 10.2 Å².